The Morgan fingerprint density at radius 1 is 1.24 bits per heavy atom. The van der Waals surface area contributed by atoms with Crippen LogP contribution >= 0.6 is 44.1 Å². The van der Waals surface area contributed by atoms with Crippen molar-refractivity contribution < 1.29 is 4.74 Å². The number of H-pyrrole nitrogens is 1. The predicted octanol–water partition coefficient (Wildman–Crippen LogP) is 4.93. The van der Waals surface area contributed by atoms with E-state index >= 15 is 0 Å². The summed E-state index contributed by atoms with van der Waals surface area (Å²) in [6, 6.07) is 5.88. The third-order valence-corrected chi connectivity index (χ3v) is 4.66. The molecule has 0 fully saturated rings. The minimum Gasteiger partial charge on any atom is -0.495 e. The van der Waals surface area contributed by atoms with E-state index in [2.05, 4.69) is 41.8 Å². The lowest BCUT2D eigenvalue weighted by Gasteiger charge is -2.11. The van der Waals surface area contributed by atoms with E-state index in [4.69, 9.17) is 17.0 Å². The van der Waals surface area contributed by atoms with Crippen molar-refractivity contribution in [1.82, 2.24) is 14.5 Å². The smallest absolute Gasteiger partial charge is 0.184 e. The molecule has 1 aromatic carbocycles. The number of rotatable bonds is 2. The molecule has 0 atom stereocenters. The van der Waals surface area contributed by atoms with Crippen LogP contribution in [-0.4, -0.2) is 21.6 Å². The third kappa shape index (κ3) is 2.54. The van der Waals surface area contributed by atoms with Crippen LogP contribution in [0.2, 0.25) is 0 Å². The molecule has 0 amide bonds. The molecule has 0 aliphatic rings. The summed E-state index contributed by atoms with van der Waals surface area (Å²) in [5, 5.41) is 0. The summed E-state index contributed by atoms with van der Waals surface area (Å²) in [5.41, 5.74) is 3.66. The van der Waals surface area contributed by atoms with Gasteiger partial charge >= 0.3 is 0 Å². The SMILES string of the molecule is COc1cc(-n2c(=S)[nH]c3cc(C)cnc32)c(Br)cc1Br. The molecule has 0 bridgehead atoms. The van der Waals surface area contributed by atoms with Crippen LogP contribution in [0.25, 0.3) is 16.9 Å². The first kappa shape index (κ1) is 14.7. The normalized spacial score (nSPS) is 11.0. The zero-order valence-electron chi connectivity index (χ0n) is 11.3. The summed E-state index contributed by atoms with van der Waals surface area (Å²) in [7, 11) is 1.63. The Balaban J connectivity index is 2.35. The van der Waals surface area contributed by atoms with Crippen LogP contribution in [0.4, 0.5) is 0 Å². The zero-order chi connectivity index (χ0) is 15.1. The number of aryl methyl sites for hydroxylation is 1. The van der Waals surface area contributed by atoms with Crippen LogP contribution in [0, 0.1) is 11.7 Å². The number of pyridine rings is 1. The van der Waals surface area contributed by atoms with Crippen molar-refractivity contribution >= 4 is 55.2 Å². The van der Waals surface area contributed by atoms with Gasteiger partial charge in [-0.15, -0.1) is 0 Å². The Bertz CT molecular complexity index is 901. The molecule has 0 aliphatic carbocycles. The molecule has 7 heteroatoms. The van der Waals surface area contributed by atoms with E-state index < -0.39 is 0 Å². The number of aromatic nitrogens is 3. The molecular weight excluding hydrogens is 418 g/mol. The van der Waals surface area contributed by atoms with Gasteiger partial charge in [0.15, 0.2) is 10.4 Å². The first-order valence-electron chi connectivity index (χ1n) is 6.12. The van der Waals surface area contributed by atoms with Gasteiger partial charge in [-0.05, 0) is 68.7 Å². The lowest BCUT2D eigenvalue weighted by Crippen LogP contribution is -1.98. The molecule has 0 saturated heterocycles. The van der Waals surface area contributed by atoms with Crippen LogP contribution in [0.5, 0.6) is 5.75 Å². The van der Waals surface area contributed by atoms with Gasteiger partial charge in [0, 0.05) is 16.7 Å². The maximum atomic E-state index is 5.44. The fourth-order valence-electron chi connectivity index (χ4n) is 2.17. The van der Waals surface area contributed by atoms with Gasteiger partial charge in [0.05, 0.1) is 22.8 Å². The van der Waals surface area contributed by atoms with Crippen molar-refractivity contribution in [3.8, 4) is 11.4 Å². The molecule has 1 N–H and O–H groups in total. The average molecular weight is 429 g/mol. The van der Waals surface area contributed by atoms with Crippen LogP contribution in [0.1, 0.15) is 5.56 Å². The number of ether oxygens (including phenoxy) is 1. The standard InChI is InChI=1S/C14H11Br2N3OS/c1-7-3-10-13(17-6-7)19(14(21)18-10)11-5-12(20-2)9(16)4-8(11)15/h3-6H,1-2H3,(H,18,21). The van der Waals surface area contributed by atoms with E-state index in [1.807, 2.05) is 35.9 Å². The molecule has 2 aromatic heterocycles. The number of benzene rings is 1. The second-order valence-corrected chi connectivity index (χ2v) is 6.68. The van der Waals surface area contributed by atoms with Crippen molar-refractivity contribution in [2.45, 2.75) is 6.92 Å². The fourth-order valence-corrected chi connectivity index (χ4v) is 3.80. The average Bonchev–Trinajstić information content (AvgIpc) is 2.74. The van der Waals surface area contributed by atoms with Gasteiger partial charge in [-0.1, -0.05) is 0 Å². The summed E-state index contributed by atoms with van der Waals surface area (Å²) in [4.78, 5) is 7.68. The lowest BCUT2D eigenvalue weighted by atomic mass is 10.3. The minimum absolute atomic E-state index is 0.591. The second kappa shape index (κ2) is 5.55. The largest absolute Gasteiger partial charge is 0.495 e. The molecule has 2 heterocycles. The quantitative estimate of drug-likeness (QED) is 0.588. The summed E-state index contributed by atoms with van der Waals surface area (Å²) in [5.74, 6) is 0.733. The van der Waals surface area contributed by atoms with Gasteiger partial charge in [0.25, 0.3) is 0 Å². The van der Waals surface area contributed by atoms with E-state index in [1.165, 1.54) is 0 Å². The number of halogens is 2. The number of imidazole rings is 1. The first-order valence-corrected chi connectivity index (χ1v) is 8.11. The highest BCUT2D eigenvalue weighted by Crippen LogP contribution is 2.34. The van der Waals surface area contributed by atoms with Crippen molar-refractivity contribution in [3.05, 3.63) is 43.7 Å². The zero-order valence-corrected chi connectivity index (χ0v) is 15.3. The number of hydrogen-bond acceptors (Lipinski definition) is 3. The number of fused-ring (bicyclic) bond motifs is 1. The maximum absolute atomic E-state index is 5.44. The van der Waals surface area contributed by atoms with E-state index in [0.29, 0.717) is 4.77 Å². The third-order valence-electron chi connectivity index (χ3n) is 3.12. The Kier molecular flexibility index (Phi) is 3.90. The number of methoxy groups -OCH3 is 1. The summed E-state index contributed by atoms with van der Waals surface area (Å²) in [6.07, 6.45) is 1.82. The fraction of sp³-hybridized carbons (Fsp3) is 0.143. The van der Waals surface area contributed by atoms with Gasteiger partial charge in [0.2, 0.25) is 0 Å². The van der Waals surface area contributed by atoms with E-state index in [-0.39, 0.29) is 0 Å². The molecule has 0 spiro atoms. The van der Waals surface area contributed by atoms with Gasteiger partial charge in [0.1, 0.15) is 5.75 Å². The first-order chi connectivity index (χ1) is 10.0. The van der Waals surface area contributed by atoms with E-state index in [0.717, 1.165) is 37.1 Å². The van der Waals surface area contributed by atoms with Crippen molar-refractivity contribution in [1.29, 1.82) is 0 Å². The van der Waals surface area contributed by atoms with E-state index in [1.54, 1.807) is 7.11 Å². The number of nitrogens with one attached hydrogen (secondary N) is 1. The van der Waals surface area contributed by atoms with Crippen molar-refractivity contribution in [2.24, 2.45) is 0 Å². The predicted molar refractivity (Wildman–Crippen MR) is 92.9 cm³/mol. The monoisotopic (exact) mass is 427 g/mol. The molecule has 21 heavy (non-hydrogen) atoms. The Labute approximate surface area is 143 Å². The molecule has 0 aliphatic heterocycles. The highest BCUT2D eigenvalue weighted by molar-refractivity contribution is 9.11. The lowest BCUT2D eigenvalue weighted by molar-refractivity contribution is 0.412. The molecule has 3 rings (SSSR count). The van der Waals surface area contributed by atoms with Gasteiger partial charge in [-0.25, -0.2) is 4.98 Å². The molecule has 108 valence electrons. The second-order valence-electron chi connectivity index (χ2n) is 4.59. The van der Waals surface area contributed by atoms with Crippen LogP contribution in [-0.2, 0) is 0 Å². The van der Waals surface area contributed by atoms with Crippen LogP contribution < -0.4 is 4.74 Å². The topological polar surface area (TPSA) is 42.8 Å². The minimum atomic E-state index is 0.591. The van der Waals surface area contributed by atoms with Gasteiger partial charge < -0.3 is 9.72 Å². The van der Waals surface area contributed by atoms with Gasteiger partial charge in [-0.3, -0.25) is 4.57 Å². The number of hydrogen-bond donors (Lipinski definition) is 1. The molecular formula is C14H11Br2N3OS. The van der Waals surface area contributed by atoms with E-state index in [9.17, 15) is 0 Å². The Morgan fingerprint density at radius 2 is 2.00 bits per heavy atom. The molecule has 0 unspecified atom stereocenters. The highest BCUT2D eigenvalue weighted by atomic mass is 79.9. The highest BCUT2D eigenvalue weighted by Gasteiger charge is 2.14. The Morgan fingerprint density at radius 3 is 2.71 bits per heavy atom. The summed E-state index contributed by atoms with van der Waals surface area (Å²) in [6.45, 7) is 2.00. The molecule has 0 radical (unpaired) electrons. The van der Waals surface area contributed by atoms with Crippen molar-refractivity contribution in [3.63, 3.8) is 0 Å². The molecule has 4 nitrogen and oxygen atoms in total. The number of aromatic amines is 1. The van der Waals surface area contributed by atoms with Crippen molar-refractivity contribution in [2.75, 3.05) is 7.11 Å². The maximum Gasteiger partial charge on any atom is 0.184 e. The van der Waals surface area contributed by atoms with Crippen LogP contribution in [0.15, 0.2) is 33.3 Å². The van der Waals surface area contributed by atoms with Gasteiger partial charge in [-0.2, -0.15) is 0 Å². The summed E-state index contributed by atoms with van der Waals surface area (Å²) >= 11 is 12.5. The molecule has 3 aromatic rings. The molecule has 0 saturated carbocycles. The Hall–Kier alpha value is -1.18. The number of nitrogens with zero attached hydrogens (tertiary/aromatic N) is 2. The summed E-state index contributed by atoms with van der Waals surface area (Å²) < 4.78 is 9.62. The van der Waals surface area contributed by atoms with Crippen LogP contribution in [0.3, 0.4) is 0 Å².